The number of non-ortho nitro benzene ring substituents is 1. The molecule has 8 nitrogen and oxygen atoms in total. The Morgan fingerprint density at radius 2 is 1.96 bits per heavy atom. The molecule has 0 aliphatic rings. The highest BCUT2D eigenvalue weighted by Crippen LogP contribution is 2.30. The summed E-state index contributed by atoms with van der Waals surface area (Å²) in [5, 5.41) is 18.5. The van der Waals surface area contributed by atoms with Crippen LogP contribution in [-0.2, 0) is 0 Å². The van der Waals surface area contributed by atoms with E-state index in [1.165, 1.54) is 35.6 Å². The predicted octanol–water partition coefficient (Wildman–Crippen LogP) is 3.95. The van der Waals surface area contributed by atoms with Crippen molar-refractivity contribution in [3.8, 4) is 5.69 Å². The van der Waals surface area contributed by atoms with Crippen molar-refractivity contribution in [1.82, 2.24) is 14.8 Å². The van der Waals surface area contributed by atoms with Crippen molar-refractivity contribution in [1.29, 1.82) is 0 Å². The average Bonchev–Trinajstić information content (AvgIpc) is 3.22. The fourth-order valence-electron chi connectivity index (χ4n) is 2.67. The van der Waals surface area contributed by atoms with Gasteiger partial charge in [-0.3, -0.25) is 20.2 Å². The van der Waals surface area contributed by atoms with Gasteiger partial charge in [0.25, 0.3) is 11.6 Å². The molecule has 0 bridgehead atoms. The van der Waals surface area contributed by atoms with Gasteiger partial charge in [-0.05, 0) is 25.1 Å². The number of hydrogen-bond donors (Lipinski definition) is 1. The van der Waals surface area contributed by atoms with Crippen LogP contribution in [0.15, 0.2) is 54.6 Å². The summed E-state index contributed by atoms with van der Waals surface area (Å²) in [6.07, 6.45) is 0. The predicted molar refractivity (Wildman–Crippen MR) is 103 cm³/mol. The molecule has 2 aromatic heterocycles. The van der Waals surface area contributed by atoms with Crippen molar-refractivity contribution in [3.63, 3.8) is 0 Å². The minimum atomic E-state index is -0.535. The van der Waals surface area contributed by atoms with E-state index >= 15 is 0 Å². The van der Waals surface area contributed by atoms with Gasteiger partial charge in [-0.1, -0.05) is 35.6 Å². The zero-order valence-corrected chi connectivity index (χ0v) is 14.9. The van der Waals surface area contributed by atoms with Crippen LogP contribution >= 0.6 is 11.3 Å². The molecule has 1 N–H and O–H groups in total. The van der Waals surface area contributed by atoms with E-state index in [2.05, 4.69) is 15.4 Å². The summed E-state index contributed by atoms with van der Waals surface area (Å²) in [6, 6.07) is 15.2. The Morgan fingerprint density at radius 1 is 1.19 bits per heavy atom. The number of nitro groups is 1. The molecule has 0 spiro atoms. The largest absolute Gasteiger partial charge is 0.298 e. The number of carbonyl (C=O) groups excluding carboxylic acids is 1. The maximum Gasteiger partial charge on any atom is 0.270 e. The summed E-state index contributed by atoms with van der Waals surface area (Å²) >= 11 is 1.31. The van der Waals surface area contributed by atoms with Gasteiger partial charge in [0.15, 0.2) is 10.8 Å². The summed E-state index contributed by atoms with van der Waals surface area (Å²) in [5.74, 6) is -0.452. The topological polar surface area (TPSA) is 103 Å². The Morgan fingerprint density at radius 3 is 2.70 bits per heavy atom. The smallest absolute Gasteiger partial charge is 0.270 e. The van der Waals surface area contributed by atoms with Gasteiger partial charge in [-0.15, -0.1) is 0 Å². The number of benzene rings is 2. The number of aromatic nitrogens is 3. The lowest BCUT2D eigenvalue weighted by Gasteiger charge is -2.02. The number of para-hydroxylation sites is 1. The number of nitrogens with one attached hydrogen (secondary N) is 1. The van der Waals surface area contributed by atoms with E-state index in [4.69, 9.17) is 0 Å². The first-order chi connectivity index (χ1) is 13.0. The first kappa shape index (κ1) is 16.9. The molecular formula is C18H13N5O3S. The zero-order valence-electron chi connectivity index (χ0n) is 14.1. The van der Waals surface area contributed by atoms with E-state index in [1.807, 2.05) is 37.3 Å². The maximum atomic E-state index is 12.4. The molecule has 2 aromatic carbocycles. The van der Waals surface area contributed by atoms with Crippen LogP contribution in [0.3, 0.4) is 0 Å². The van der Waals surface area contributed by atoms with Crippen LogP contribution in [0.4, 0.5) is 10.8 Å². The fourth-order valence-corrected chi connectivity index (χ4v) is 3.55. The lowest BCUT2D eigenvalue weighted by atomic mass is 10.2. The molecule has 0 aliphatic carbocycles. The number of anilines is 1. The fraction of sp³-hybridized carbons (Fsp3) is 0.0556. The third-order valence-electron chi connectivity index (χ3n) is 3.93. The summed E-state index contributed by atoms with van der Waals surface area (Å²) in [6.45, 7) is 1.88. The van der Waals surface area contributed by atoms with E-state index < -0.39 is 10.8 Å². The molecule has 1 amide bonds. The highest BCUT2D eigenvalue weighted by Gasteiger charge is 2.17. The van der Waals surface area contributed by atoms with E-state index in [9.17, 15) is 14.9 Å². The standard InChI is InChI=1S/C18H13N5O3S/c1-11-15-16(22(21-11)13-7-3-2-4-8-13)19-18(27-15)20-17(24)12-6-5-9-14(10-12)23(25)26/h2-10H,1H3,(H,19,20,24). The number of amides is 1. The maximum absolute atomic E-state index is 12.4. The minimum Gasteiger partial charge on any atom is -0.298 e. The molecule has 4 aromatic rings. The van der Waals surface area contributed by atoms with E-state index in [1.54, 1.807) is 4.68 Å². The second-order valence-corrected chi connectivity index (χ2v) is 6.77. The lowest BCUT2D eigenvalue weighted by molar-refractivity contribution is -0.384. The highest BCUT2D eigenvalue weighted by molar-refractivity contribution is 7.22. The van der Waals surface area contributed by atoms with Gasteiger partial charge in [0.1, 0.15) is 0 Å². The number of nitrogens with zero attached hydrogens (tertiary/aromatic N) is 4. The van der Waals surface area contributed by atoms with Crippen LogP contribution in [-0.4, -0.2) is 25.6 Å². The van der Waals surface area contributed by atoms with Crippen LogP contribution in [0.2, 0.25) is 0 Å². The van der Waals surface area contributed by atoms with Crippen molar-refractivity contribution in [2.24, 2.45) is 0 Å². The van der Waals surface area contributed by atoms with Gasteiger partial charge in [0, 0.05) is 17.7 Å². The van der Waals surface area contributed by atoms with Gasteiger partial charge < -0.3 is 0 Å². The average molecular weight is 379 g/mol. The number of fused-ring (bicyclic) bond motifs is 1. The van der Waals surface area contributed by atoms with Gasteiger partial charge in [0.05, 0.1) is 21.0 Å². The Balaban J connectivity index is 1.66. The molecule has 27 heavy (non-hydrogen) atoms. The number of aryl methyl sites for hydroxylation is 1. The number of carbonyl (C=O) groups is 1. The number of nitro benzene ring substituents is 1. The molecule has 0 radical (unpaired) electrons. The molecule has 134 valence electrons. The van der Waals surface area contributed by atoms with Crippen molar-refractivity contribution in [3.05, 3.63) is 76.0 Å². The van der Waals surface area contributed by atoms with Crippen molar-refractivity contribution < 1.29 is 9.72 Å². The summed E-state index contributed by atoms with van der Waals surface area (Å²) in [4.78, 5) is 27.3. The van der Waals surface area contributed by atoms with Gasteiger partial charge in [-0.2, -0.15) is 10.1 Å². The second kappa shape index (κ2) is 6.61. The Labute approximate surface area is 157 Å². The van der Waals surface area contributed by atoms with Crippen LogP contribution in [0.5, 0.6) is 0 Å². The number of rotatable bonds is 4. The third-order valence-corrected chi connectivity index (χ3v) is 5.00. The van der Waals surface area contributed by atoms with Crippen molar-refractivity contribution in [2.45, 2.75) is 6.92 Å². The van der Waals surface area contributed by atoms with Crippen molar-refractivity contribution >= 4 is 38.4 Å². The minimum absolute atomic E-state index is 0.137. The molecule has 0 saturated carbocycles. The second-order valence-electron chi connectivity index (χ2n) is 5.77. The molecule has 9 heteroatoms. The molecule has 0 aliphatic heterocycles. The Kier molecular flexibility index (Phi) is 4.13. The third kappa shape index (κ3) is 3.15. The van der Waals surface area contributed by atoms with Gasteiger partial charge in [-0.25, -0.2) is 4.68 Å². The number of thiazole rings is 1. The molecule has 0 atom stereocenters. The van der Waals surface area contributed by atoms with Crippen molar-refractivity contribution in [2.75, 3.05) is 5.32 Å². The normalized spacial score (nSPS) is 10.9. The van der Waals surface area contributed by atoms with Crippen LogP contribution in [0.25, 0.3) is 16.0 Å². The van der Waals surface area contributed by atoms with Crippen LogP contribution in [0.1, 0.15) is 16.1 Å². The summed E-state index contributed by atoms with van der Waals surface area (Å²) in [7, 11) is 0. The Hall–Kier alpha value is -3.59. The first-order valence-corrected chi connectivity index (χ1v) is 8.82. The molecule has 0 fully saturated rings. The molecule has 0 saturated heterocycles. The molecule has 2 heterocycles. The summed E-state index contributed by atoms with van der Waals surface area (Å²) in [5.41, 5.74) is 2.39. The van der Waals surface area contributed by atoms with Gasteiger partial charge in [0.2, 0.25) is 0 Å². The van der Waals surface area contributed by atoms with E-state index in [0.717, 1.165) is 16.1 Å². The quantitative estimate of drug-likeness (QED) is 0.427. The SMILES string of the molecule is Cc1nn(-c2ccccc2)c2nc(NC(=O)c3cccc([N+](=O)[O-])c3)sc12. The highest BCUT2D eigenvalue weighted by atomic mass is 32.1. The Bertz CT molecular complexity index is 1170. The summed E-state index contributed by atoms with van der Waals surface area (Å²) < 4.78 is 2.60. The van der Waals surface area contributed by atoms with E-state index in [-0.39, 0.29) is 11.3 Å². The molecular weight excluding hydrogens is 366 g/mol. The monoisotopic (exact) mass is 379 g/mol. The first-order valence-electron chi connectivity index (χ1n) is 8.00. The van der Waals surface area contributed by atoms with Crippen LogP contribution in [0, 0.1) is 17.0 Å². The molecule has 4 rings (SSSR count). The zero-order chi connectivity index (χ0) is 19.0. The van der Waals surface area contributed by atoms with Gasteiger partial charge >= 0.3 is 0 Å². The van der Waals surface area contributed by atoms with E-state index in [0.29, 0.717) is 10.8 Å². The van der Waals surface area contributed by atoms with Crippen LogP contribution < -0.4 is 5.32 Å². The number of hydrogen-bond acceptors (Lipinski definition) is 6. The lowest BCUT2D eigenvalue weighted by Crippen LogP contribution is -2.12. The molecule has 0 unspecified atom stereocenters.